The topological polar surface area (TPSA) is 107 Å². The van der Waals surface area contributed by atoms with E-state index in [9.17, 15) is 9.59 Å². The van der Waals surface area contributed by atoms with Crippen molar-refractivity contribution in [3.8, 4) is 0 Å². The summed E-state index contributed by atoms with van der Waals surface area (Å²) in [6.45, 7) is 6.02. The van der Waals surface area contributed by atoms with E-state index in [1.54, 1.807) is 25.5 Å². The summed E-state index contributed by atoms with van der Waals surface area (Å²) in [6.07, 6.45) is 4.21. The summed E-state index contributed by atoms with van der Waals surface area (Å²) in [7, 11) is 1.59. The maximum Gasteiger partial charge on any atom is 0.269 e. The number of aryl methyl sites for hydroxylation is 1. The highest BCUT2D eigenvalue weighted by Gasteiger charge is 2.19. The monoisotopic (exact) mass is 407 g/mol. The molecule has 3 aromatic rings. The molecule has 0 radical (unpaired) electrons. The van der Waals surface area contributed by atoms with Crippen molar-refractivity contribution in [2.75, 3.05) is 38.1 Å². The average Bonchev–Trinajstić information content (AvgIpc) is 2.78. The molecule has 30 heavy (non-hydrogen) atoms. The van der Waals surface area contributed by atoms with E-state index in [1.165, 1.54) is 0 Å². The summed E-state index contributed by atoms with van der Waals surface area (Å²) in [5.41, 5.74) is 2.67. The summed E-state index contributed by atoms with van der Waals surface area (Å²) in [5, 5.41) is 3.43. The number of aromatic nitrogens is 4. The van der Waals surface area contributed by atoms with Gasteiger partial charge in [-0.3, -0.25) is 14.5 Å². The fourth-order valence-electron chi connectivity index (χ4n) is 3.61. The number of amides is 1. The first-order valence-corrected chi connectivity index (χ1v) is 10.1. The molecule has 1 fully saturated rings. The lowest BCUT2D eigenvalue weighted by molar-refractivity contribution is 0.0958. The molecule has 156 valence electrons. The van der Waals surface area contributed by atoms with E-state index in [-0.39, 0.29) is 11.5 Å². The van der Waals surface area contributed by atoms with Crippen LogP contribution in [0.2, 0.25) is 0 Å². The fourth-order valence-corrected chi connectivity index (χ4v) is 3.61. The van der Waals surface area contributed by atoms with E-state index in [0.29, 0.717) is 30.1 Å². The number of aromatic amines is 1. The van der Waals surface area contributed by atoms with Crippen molar-refractivity contribution in [1.82, 2.24) is 30.2 Å². The van der Waals surface area contributed by atoms with Crippen molar-refractivity contribution in [2.24, 2.45) is 0 Å². The smallest absolute Gasteiger partial charge is 0.269 e. The SMILES string of the molecule is CCc1cc2cnc(CN3CCN(c4ccc(C(=O)NC)nc4)CC3)nc2[nH]c1=O. The summed E-state index contributed by atoms with van der Waals surface area (Å²) in [5.74, 6) is 0.515. The van der Waals surface area contributed by atoms with E-state index >= 15 is 0 Å². The van der Waals surface area contributed by atoms with Crippen molar-refractivity contribution < 1.29 is 4.79 Å². The van der Waals surface area contributed by atoms with Gasteiger partial charge < -0.3 is 15.2 Å². The maximum absolute atomic E-state index is 12.1. The van der Waals surface area contributed by atoms with Crippen LogP contribution in [0, 0.1) is 0 Å². The van der Waals surface area contributed by atoms with Crippen LogP contribution in [-0.2, 0) is 13.0 Å². The number of hydrogen-bond acceptors (Lipinski definition) is 7. The van der Waals surface area contributed by atoms with Gasteiger partial charge in [-0.25, -0.2) is 15.0 Å². The Hall–Kier alpha value is -3.33. The molecule has 9 nitrogen and oxygen atoms in total. The minimum absolute atomic E-state index is 0.0840. The first-order chi connectivity index (χ1) is 14.6. The van der Waals surface area contributed by atoms with Crippen molar-refractivity contribution >= 4 is 22.6 Å². The van der Waals surface area contributed by atoms with Crippen molar-refractivity contribution in [1.29, 1.82) is 0 Å². The van der Waals surface area contributed by atoms with E-state index in [1.807, 2.05) is 19.1 Å². The van der Waals surface area contributed by atoms with Gasteiger partial charge in [-0.1, -0.05) is 6.92 Å². The summed E-state index contributed by atoms with van der Waals surface area (Å²) in [4.78, 5) is 44.4. The number of carbonyl (C=O) groups is 1. The molecule has 0 saturated carbocycles. The van der Waals surface area contributed by atoms with E-state index in [0.717, 1.165) is 42.8 Å². The van der Waals surface area contributed by atoms with Crippen LogP contribution in [0.1, 0.15) is 28.8 Å². The minimum Gasteiger partial charge on any atom is -0.368 e. The average molecular weight is 407 g/mol. The Morgan fingerprint density at radius 2 is 1.97 bits per heavy atom. The third-order valence-corrected chi connectivity index (χ3v) is 5.41. The van der Waals surface area contributed by atoms with Crippen molar-refractivity contribution in [3.63, 3.8) is 0 Å². The van der Waals surface area contributed by atoms with Gasteiger partial charge in [0.25, 0.3) is 11.5 Å². The highest BCUT2D eigenvalue weighted by molar-refractivity contribution is 5.92. The molecule has 1 saturated heterocycles. The number of carbonyl (C=O) groups excluding carboxylic acids is 1. The molecule has 1 aliphatic heterocycles. The third-order valence-electron chi connectivity index (χ3n) is 5.41. The van der Waals surface area contributed by atoms with Gasteiger partial charge in [0, 0.05) is 50.4 Å². The van der Waals surface area contributed by atoms with Gasteiger partial charge in [-0.2, -0.15) is 0 Å². The summed E-state index contributed by atoms with van der Waals surface area (Å²) in [6, 6.07) is 5.54. The number of fused-ring (bicyclic) bond motifs is 1. The molecule has 1 aliphatic rings. The molecule has 9 heteroatoms. The Bertz CT molecular complexity index is 1100. The molecule has 1 amide bonds. The van der Waals surface area contributed by atoms with Gasteiger partial charge in [-0.15, -0.1) is 0 Å². The standard InChI is InChI=1S/C21H25N7O2/c1-3-14-10-15-11-24-18(25-19(15)26-20(14)29)13-27-6-8-28(9-7-27)16-4-5-17(23-12-16)21(30)22-2/h4-5,10-12H,3,6-9,13H2,1-2H3,(H,22,30)(H,24,25,26,29). The molecule has 0 unspecified atom stereocenters. The number of nitrogens with one attached hydrogen (secondary N) is 2. The Morgan fingerprint density at radius 1 is 1.17 bits per heavy atom. The fraction of sp³-hybridized carbons (Fsp3) is 0.381. The number of piperazine rings is 1. The maximum atomic E-state index is 12.1. The molecule has 0 atom stereocenters. The third kappa shape index (κ3) is 4.16. The zero-order valence-corrected chi connectivity index (χ0v) is 17.2. The summed E-state index contributed by atoms with van der Waals surface area (Å²) < 4.78 is 0. The lowest BCUT2D eigenvalue weighted by Gasteiger charge is -2.35. The Morgan fingerprint density at radius 3 is 2.63 bits per heavy atom. The number of hydrogen-bond donors (Lipinski definition) is 2. The Kier molecular flexibility index (Phi) is 5.71. The number of rotatable bonds is 5. The number of pyridine rings is 2. The highest BCUT2D eigenvalue weighted by atomic mass is 16.1. The zero-order chi connectivity index (χ0) is 21.1. The highest BCUT2D eigenvalue weighted by Crippen LogP contribution is 2.17. The Balaban J connectivity index is 1.38. The van der Waals surface area contributed by atoms with Crippen LogP contribution >= 0.6 is 0 Å². The van der Waals surface area contributed by atoms with Gasteiger partial charge in [0.2, 0.25) is 0 Å². The largest absolute Gasteiger partial charge is 0.368 e. The van der Waals surface area contributed by atoms with Crippen LogP contribution in [0.15, 0.2) is 35.4 Å². The molecule has 0 aliphatic carbocycles. The van der Waals surface area contributed by atoms with Crippen LogP contribution in [-0.4, -0.2) is 64.0 Å². The number of anilines is 1. The predicted octanol–water partition coefficient (Wildman–Crippen LogP) is 0.957. The Labute approximate surface area is 174 Å². The van der Waals surface area contributed by atoms with Crippen LogP contribution in [0.3, 0.4) is 0 Å². The van der Waals surface area contributed by atoms with Gasteiger partial charge >= 0.3 is 0 Å². The lowest BCUT2D eigenvalue weighted by atomic mass is 10.2. The molecular weight excluding hydrogens is 382 g/mol. The molecule has 4 rings (SSSR count). The van der Waals surface area contributed by atoms with Crippen molar-refractivity contribution in [3.05, 3.63) is 58.0 Å². The van der Waals surface area contributed by atoms with Gasteiger partial charge in [0.05, 0.1) is 18.4 Å². The molecular formula is C21H25N7O2. The first-order valence-electron chi connectivity index (χ1n) is 10.1. The van der Waals surface area contributed by atoms with Crippen LogP contribution in [0.25, 0.3) is 11.0 Å². The predicted molar refractivity (Wildman–Crippen MR) is 115 cm³/mol. The zero-order valence-electron chi connectivity index (χ0n) is 17.2. The number of nitrogens with zero attached hydrogens (tertiary/aromatic N) is 5. The van der Waals surface area contributed by atoms with E-state index in [2.05, 4.69) is 35.1 Å². The molecule has 2 N–H and O–H groups in total. The van der Waals surface area contributed by atoms with Gasteiger partial charge in [0.1, 0.15) is 17.2 Å². The quantitative estimate of drug-likeness (QED) is 0.649. The number of H-pyrrole nitrogens is 1. The second kappa shape index (κ2) is 8.58. The molecule has 0 aromatic carbocycles. The van der Waals surface area contributed by atoms with E-state index < -0.39 is 0 Å². The van der Waals surface area contributed by atoms with Crippen LogP contribution in [0.4, 0.5) is 5.69 Å². The van der Waals surface area contributed by atoms with E-state index in [4.69, 9.17) is 0 Å². The van der Waals surface area contributed by atoms with Crippen LogP contribution in [0.5, 0.6) is 0 Å². The second-order valence-corrected chi connectivity index (χ2v) is 7.31. The minimum atomic E-state index is -0.186. The molecule has 3 aromatic heterocycles. The van der Waals surface area contributed by atoms with Crippen molar-refractivity contribution in [2.45, 2.75) is 19.9 Å². The van der Waals surface area contributed by atoms with Gasteiger partial charge in [-0.05, 0) is 24.6 Å². The lowest BCUT2D eigenvalue weighted by Crippen LogP contribution is -2.46. The first kappa shape index (κ1) is 20.0. The van der Waals surface area contributed by atoms with Crippen LogP contribution < -0.4 is 15.8 Å². The second-order valence-electron chi connectivity index (χ2n) is 7.31. The molecule has 0 spiro atoms. The normalized spacial score (nSPS) is 14.8. The van der Waals surface area contributed by atoms with Gasteiger partial charge in [0.15, 0.2) is 0 Å². The molecule has 4 heterocycles. The summed E-state index contributed by atoms with van der Waals surface area (Å²) >= 11 is 0. The molecule has 0 bridgehead atoms.